The van der Waals surface area contributed by atoms with Crippen LogP contribution in [0, 0.1) is 11.3 Å². The van der Waals surface area contributed by atoms with Gasteiger partial charge in [0.1, 0.15) is 0 Å². The van der Waals surface area contributed by atoms with E-state index in [1.54, 1.807) is 0 Å². The fraction of sp³-hybridized carbons (Fsp3) is 0.308. The van der Waals surface area contributed by atoms with E-state index in [-0.39, 0.29) is 5.41 Å². The van der Waals surface area contributed by atoms with E-state index in [1.165, 1.54) is 50.8 Å². The molecule has 2 heterocycles. The predicted octanol–water partition coefficient (Wildman–Crippen LogP) is 6.87. The molecule has 2 aliphatic rings. The fourth-order valence-corrected chi connectivity index (χ4v) is 6.29. The molecule has 6 rings (SSSR count). The highest BCUT2D eigenvalue weighted by Crippen LogP contribution is 2.62. The van der Waals surface area contributed by atoms with Crippen molar-refractivity contribution in [2.45, 2.75) is 39.0 Å². The minimum atomic E-state index is 0.256. The van der Waals surface area contributed by atoms with Gasteiger partial charge in [-0.2, -0.15) is 0 Å². The van der Waals surface area contributed by atoms with Crippen molar-refractivity contribution < 1.29 is 0 Å². The number of rotatable bonds is 1. The second-order valence-electron chi connectivity index (χ2n) is 9.52. The fourth-order valence-electron chi connectivity index (χ4n) is 6.29. The van der Waals surface area contributed by atoms with Gasteiger partial charge >= 0.3 is 0 Å². The average Bonchev–Trinajstić information content (AvgIpc) is 3.32. The van der Waals surface area contributed by atoms with E-state index in [0.29, 0.717) is 17.8 Å². The van der Waals surface area contributed by atoms with Gasteiger partial charge in [0.15, 0.2) is 0 Å². The van der Waals surface area contributed by atoms with E-state index >= 15 is 0 Å². The Labute approximate surface area is 165 Å². The quantitative estimate of drug-likeness (QED) is 0.344. The van der Waals surface area contributed by atoms with Gasteiger partial charge in [-0.25, -0.2) is 0 Å². The van der Waals surface area contributed by atoms with E-state index < -0.39 is 0 Å². The molecule has 28 heavy (non-hydrogen) atoms. The summed E-state index contributed by atoms with van der Waals surface area (Å²) in [6, 6.07) is 19.9. The van der Waals surface area contributed by atoms with Gasteiger partial charge in [-0.1, -0.05) is 61.9 Å². The van der Waals surface area contributed by atoms with Crippen LogP contribution in [0.5, 0.6) is 0 Å². The van der Waals surface area contributed by atoms with Crippen molar-refractivity contribution in [3.63, 3.8) is 0 Å². The van der Waals surface area contributed by atoms with Gasteiger partial charge in [-0.15, -0.1) is 0 Å². The van der Waals surface area contributed by atoms with Crippen molar-refractivity contribution in [1.29, 1.82) is 0 Å². The number of benzene rings is 2. The number of fused-ring (bicyclic) bond motifs is 6. The maximum atomic E-state index is 3.81. The van der Waals surface area contributed by atoms with Crippen LogP contribution in [-0.4, -0.2) is 9.97 Å². The van der Waals surface area contributed by atoms with Gasteiger partial charge in [0.25, 0.3) is 0 Å². The van der Waals surface area contributed by atoms with Crippen LogP contribution in [0.4, 0.5) is 0 Å². The van der Waals surface area contributed by atoms with Crippen LogP contribution >= 0.6 is 0 Å². The smallest absolute Gasteiger partial charge is 0.0459 e. The standard InChI is InChI=1S/C26H26N2/c1-15-12-18-24(26(2,3)14-15)23(21-13-16-8-4-6-10-19(16)27-21)22-17-9-5-7-11-20(17)28-25(18)22/h4-13,18,23-24,27-28H,14H2,1-3H3/t18-,23+,24+/m0/s1. The van der Waals surface area contributed by atoms with Gasteiger partial charge in [-0.3, -0.25) is 0 Å². The molecule has 2 heteroatoms. The molecule has 2 N–H and O–H groups in total. The molecular formula is C26H26N2. The molecule has 0 saturated heterocycles. The summed E-state index contributed by atoms with van der Waals surface area (Å²) in [5.41, 5.74) is 8.59. The third kappa shape index (κ3) is 2.09. The van der Waals surface area contributed by atoms with Crippen molar-refractivity contribution in [2.24, 2.45) is 11.3 Å². The molecule has 2 nitrogen and oxygen atoms in total. The first-order chi connectivity index (χ1) is 13.5. The van der Waals surface area contributed by atoms with E-state index in [1.807, 2.05) is 0 Å². The maximum absolute atomic E-state index is 3.81. The summed E-state index contributed by atoms with van der Waals surface area (Å²) in [5, 5.41) is 2.69. The first-order valence-corrected chi connectivity index (χ1v) is 10.4. The normalized spacial score (nSPS) is 25.7. The molecule has 140 valence electrons. The zero-order valence-electron chi connectivity index (χ0n) is 16.7. The molecule has 0 fully saturated rings. The zero-order chi connectivity index (χ0) is 19.0. The largest absolute Gasteiger partial charge is 0.358 e. The number of H-pyrrole nitrogens is 2. The number of hydrogen-bond donors (Lipinski definition) is 2. The zero-order valence-corrected chi connectivity index (χ0v) is 16.7. The van der Waals surface area contributed by atoms with Crippen molar-refractivity contribution in [3.05, 3.63) is 83.2 Å². The number of aromatic amines is 2. The highest BCUT2D eigenvalue weighted by Gasteiger charge is 2.51. The summed E-state index contributed by atoms with van der Waals surface area (Å²) in [7, 11) is 0. The van der Waals surface area contributed by atoms with E-state index in [0.717, 1.165) is 0 Å². The second kappa shape index (κ2) is 5.41. The van der Waals surface area contributed by atoms with Crippen molar-refractivity contribution >= 4 is 21.8 Å². The lowest BCUT2D eigenvalue weighted by Gasteiger charge is -2.42. The monoisotopic (exact) mass is 366 g/mol. The van der Waals surface area contributed by atoms with Crippen LogP contribution in [0.15, 0.2) is 66.2 Å². The highest BCUT2D eigenvalue weighted by atomic mass is 14.8. The number of para-hydroxylation sites is 2. The summed E-state index contributed by atoms with van der Waals surface area (Å²) >= 11 is 0. The lowest BCUT2D eigenvalue weighted by Crippen LogP contribution is -2.33. The van der Waals surface area contributed by atoms with Crippen LogP contribution in [0.25, 0.3) is 21.8 Å². The number of allylic oxidation sites excluding steroid dienone is 2. The molecule has 2 aromatic carbocycles. The highest BCUT2D eigenvalue weighted by molar-refractivity contribution is 5.88. The summed E-state index contributed by atoms with van der Waals surface area (Å²) in [6.07, 6.45) is 3.71. The van der Waals surface area contributed by atoms with Crippen LogP contribution < -0.4 is 0 Å². The van der Waals surface area contributed by atoms with Gasteiger partial charge in [-0.05, 0) is 53.8 Å². The van der Waals surface area contributed by atoms with Crippen molar-refractivity contribution in [1.82, 2.24) is 9.97 Å². The van der Waals surface area contributed by atoms with Gasteiger partial charge in [0, 0.05) is 39.6 Å². The summed E-state index contributed by atoms with van der Waals surface area (Å²) in [5.74, 6) is 1.42. The molecule has 0 radical (unpaired) electrons. The molecular weight excluding hydrogens is 340 g/mol. The summed E-state index contributed by atoms with van der Waals surface area (Å²) < 4.78 is 0. The third-order valence-electron chi connectivity index (χ3n) is 7.15. The molecule has 0 spiro atoms. The molecule has 2 aromatic heterocycles. The van der Waals surface area contributed by atoms with E-state index in [2.05, 4.69) is 91.4 Å². The van der Waals surface area contributed by atoms with E-state index in [9.17, 15) is 0 Å². The van der Waals surface area contributed by atoms with Crippen LogP contribution in [0.3, 0.4) is 0 Å². The Morgan fingerprint density at radius 1 is 0.929 bits per heavy atom. The van der Waals surface area contributed by atoms with Gasteiger partial charge in [0.05, 0.1) is 0 Å². The molecule has 0 bridgehead atoms. The maximum Gasteiger partial charge on any atom is 0.0459 e. The number of aromatic nitrogens is 2. The van der Waals surface area contributed by atoms with Crippen LogP contribution in [-0.2, 0) is 0 Å². The van der Waals surface area contributed by atoms with Gasteiger partial charge < -0.3 is 9.97 Å². The molecule has 4 aromatic rings. The molecule has 3 atom stereocenters. The Morgan fingerprint density at radius 2 is 1.68 bits per heavy atom. The Bertz CT molecular complexity index is 1220. The van der Waals surface area contributed by atoms with Crippen LogP contribution in [0.2, 0.25) is 0 Å². The first kappa shape index (κ1) is 16.2. The number of nitrogens with one attached hydrogen (secondary N) is 2. The predicted molar refractivity (Wildman–Crippen MR) is 117 cm³/mol. The van der Waals surface area contributed by atoms with Crippen molar-refractivity contribution in [2.75, 3.05) is 0 Å². The van der Waals surface area contributed by atoms with E-state index in [4.69, 9.17) is 0 Å². The Morgan fingerprint density at radius 3 is 2.50 bits per heavy atom. The Kier molecular flexibility index (Phi) is 3.14. The van der Waals surface area contributed by atoms with Crippen molar-refractivity contribution in [3.8, 4) is 0 Å². The topological polar surface area (TPSA) is 31.6 Å². The molecule has 0 unspecified atom stereocenters. The van der Waals surface area contributed by atoms with Gasteiger partial charge in [0.2, 0.25) is 0 Å². The minimum absolute atomic E-state index is 0.256. The average molecular weight is 367 g/mol. The lowest BCUT2D eigenvalue weighted by molar-refractivity contribution is 0.171. The molecule has 0 aliphatic heterocycles. The SMILES string of the molecule is CC1=C[C@@H]2c3[nH]c4ccccc4c3[C@@H](c3cc4ccccc4[nH]3)[C@@H]2C(C)(C)C1. The summed E-state index contributed by atoms with van der Waals surface area (Å²) in [4.78, 5) is 7.59. The first-order valence-electron chi connectivity index (χ1n) is 10.4. The molecule has 0 amide bonds. The second-order valence-corrected chi connectivity index (χ2v) is 9.52. The number of hydrogen-bond acceptors (Lipinski definition) is 0. The lowest BCUT2D eigenvalue weighted by atomic mass is 9.62. The minimum Gasteiger partial charge on any atom is -0.358 e. The molecule has 0 saturated carbocycles. The Balaban J connectivity index is 1.66. The third-order valence-corrected chi connectivity index (χ3v) is 7.15. The Hall–Kier alpha value is -2.74. The molecule has 2 aliphatic carbocycles. The summed E-state index contributed by atoms with van der Waals surface area (Å²) in [6.45, 7) is 7.23. The van der Waals surface area contributed by atoms with Crippen LogP contribution in [0.1, 0.15) is 56.0 Å².